The first-order valence-electron chi connectivity index (χ1n) is 10.5. The first-order chi connectivity index (χ1) is 15.7. The van der Waals surface area contributed by atoms with Gasteiger partial charge in [-0.05, 0) is 25.1 Å². The molecule has 164 valence electrons. The number of piperazine rings is 1. The second kappa shape index (κ2) is 8.75. The third-order valence-electron chi connectivity index (χ3n) is 5.61. The van der Waals surface area contributed by atoms with Crippen LogP contribution in [0.25, 0.3) is 11.5 Å². The fourth-order valence-corrected chi connectivity index (χ4v) is 3.95. The van der Waals surface area contributed by atoms with Gasteiger partial charge in [0.1, 0.15) is 5.69 Å². The average Bonchev–Trinajstić information content (AvgIpc) is 3.52. The Morgan fingerprint density at radius 2 is 1.78 bits per heavy atom. The van der Waals surface area contributed by atoms with E-state index in [-0.39, 0.29) is 11.6 Å². The topological polar surface area (TPSA) is 102 Å². The fraction of sp³-hybridized carbons (Fsp3) is 0.273. The molecule has 0 atom stereocenters. The Kier molecular flexibility index (Phi) is 5.51. The largest absolute Gasteiger partial charge is 0.368 e. The molecule has 9 nitrogen and oxygen atoms in total. The number of aryl methyl sites for hydroxylation is 1. The van der Waals surface area contributed by atoms with E-state index in [0.717, 1.165) is 49.1 Å². The smallest absolute Gasteiger partial charge is 0.205 e. The summed E-state index contributed by atoms with van der Waals surface area (Å²) >= 11 is 0. The molecule has 0 bridgehead atoms. The predicted molar refractivity (Wildman–Crippen MR) is 120 cm³/mol. The summed E-state index contributed by atoms with van der Waals surface area (Å²) in [6, 6.07) is 5.83. The number of aromatic nitrogens is 6. The van der Waals surface area contributed by atoms with Gasteiger partial charge in [-0.1, -0.05) is 0 Å². The van der Waals surface area contributed by atoms with Gasteiger partial charge in [0.05, 0.1) is 11.4 Å². The van der Waals surface area contributed by atoms with Crippen LogP contribution in [0.5, 0.6) is 0 Å². The molecule has 1 aliphatic rings. The molecule has 5 rings (SSSR count). The van der Waals surface area contributed by atoms with Crippen LogP contribution in [0.1, 0.15) is 11.3 Å². The Morgan fingerprint density at radius 1 is 0.969 bits per heavy atom. The van der Waals surface area contributed by atoms with Crippen molar-refractivity contribution in [3.05, 3.63) is 66.3 Å². The Labute approximate surface area is 184 Å². The zero-order chi connectivity index (χ0) is 21.9. The fourth-order valence-electron chi connectivity index (χ4n) is 3.95. The second-order valence-electron chi connectivity index (χ2n) is 7.70. The number of hydrogen-bond acceptors (Lipinski definition) is 7. The van der Waals surface area contributed by atoms with E-state index in [1.54, 1.807) is 37.1 Å². The van der Waals surface area contributed by atoms with Crippen molar-refractivity contribution in [2.24, 2.45) is 0 Å². The average molecular weight is 433 g/mol. The summed E-state index contributed by atoms with van der Waals surface area (Å²) in [7, 11) is 0. The molecule has 0 amide bonds. The standard InChI is InChI=1S/C22H24FN9/c1-15-18(3-2-17(29-15)20-25-6-7-26-20)32-12-10-31(11-13-32)14-16-4-5-24-21(19(16)23)30-22-27-8-9-28-22/h2-9H,10-14H2,1H3,(H,25,26)(H2,24,27,28,30). The number of halogens is 1. The summed E-state index contributed by atoms with van der Waals surface area (Å²) in [5.74, 6) is 1.06. The van der Waals surface area contributed by atoms with Crippen molar-refractivity contribution < 1.29 is 4.39 Å². The predicted octanol–water partition coefficient (Wildman–Crippen LogP) is 3.10. The highest BCUT2D eigenvalue weighted by Gasteiger charge is 2.21. The van der Waals surface area contributed by atoms with Gasteiger partial charge in [0.15, 0.2) is 17.5 Å². The molecule has 3 N–H and O–H groups in total. The molecular weight excluding hydrogens is 409 g/mol. The Hall–Kier alpha value is -3.79. The molecule has 1 saturated heterocycles. The van der Waals surface area contributed by atoms with Crippen LogP contribution in [0.15, 0.2) is 49.2 Å². The summed E-state index contributed by atoms with van der Waals surface area (Å²) in [5.41, 5.74) is 3.55. The van der Waals surface area contributed by atoms with Crippen molar-refractivity contribution >= 4 is 17.5 Å². The van der Waals surface area contributed by atoms with Crippen LogP contribution in [0.2, 0.25) is 0 Å². The van der Waals surface area contributed by atoms with E-state index >= 15 is 0 Å². The minimum absolute atomic E-state index is 0.175. The molecule has 1 aliphatic heterocycles. The van der Waals surface area contributed by atoms with Crippen molar-refractivity contribution in [3.8, 4) is 11.5 Å². The molecule has 0 saturated carbocycles. The highest BCUT2D eigenvalue weighted by atomic mass is 19.1. The summed E-state index contributed by atoms with van der Waals surface area (Å²) in [4.78, 5) is 27.7. The number of aromatic amines is 2. The van der Waals surface area contributed by atoms with Crippen LogP contribution < -0.4 is 10.2 Å². The first kappa shape index (κ1) is 20.1. The normalized spacial score (nSPS) is 14.6. The highest BCUT2D eigenvalue weighted by Crippen LogP contribution is 2.25. The Bertz CT molecular complexity index is 1170. The van der Waals surface area contributed by atoms with E-state index in [4.69, 9.17) is 4.98 Å². The maximum Gasteiger partial charge on any atom is 0.205 e. The number of nitrogens with zero attached hydrogens (tertiary/aromatic N) is 6. The molecule has 32 heavy (non-hydrogen) atoms. The van der Waals surface area contributed by atoms with Gasteiger partial charge in [0.25, 0.3) is 0 Å². The van der Waals surface area contributed by atoms with E-state index < -0.39 is 0 Å². The number of hydrogen-bond donors (Lipinski definition) is 3. The second-order valence-corrected chi connectivity index (χ2v) is 7.70. The molecule has 0 aromatic carbocycles. The van der Waals surface area contributed by atoms with Gasteiger partial charge in [0.2, 0.25) is 5.95 Å². The van der Waals surface area contributed by atoms with Crippen LogP contribution in [0, 0.1) is 12.7 Å². The molecule has 4 aromatic heterocycles. The van der Waals surface area contributed by atoms with Crippen molar-refractivity contribution in [2.75, 3.05) is 36.4 Å². The van der Waals surface area contributed by atoms with Gasteiger partial charge in [-0.25, -0.2) is 24.3 Å². The third-order valence-corrected chi connectivity index (χ3v) is 5.61. The van der Waals surface area contributed by atoms with Crippen LogP contribution in [0.4, 0.5) is 21.8 Å². The van der Waals surface area contributed by atoms with E-state index in [1.165, 1.54) is 0 Å². The van der Waals surface area contributed by atoms with Crippen molar-refractivity contribution in [1.82, 2.24) is 34.8 Å². The molecule has 5 heterocycles. The summed E-state index contributed by atoms with van der Waals surface area (Å²) < 4.78 is 14.9. The Morgan fingerprint density at radius 3 is 2.50 bits per heavy atom. The van der Waals surface area contributed by atoms with Crippen molar-refractivity contribution in [3.63, 3.8) is 0 Å². The van der Waals surface area contributed by atoms with Crippen molar-refractivity contribution in [1.29, 1.82) is 0 Å². The molecule has 10 heteroatoms. The van der Waals surface area contributed by atoms with Gasteiger partial charge >= 0.3 is 0 Å². The third kappa shape index (κ3) is 4.17. The van der Waals surface area contributed by atoms with Crippen LogP contribution >= 0.6 is 0 Å². The van der Waals surface area contributed by atoms with Crippen LogP contribution in [-0.2, 0) is 6.54 Å². The van der Waals surface area contributed by atoms with Crippen molar-refractivity contribution in [2.45, 2.75) is 13.5 Å². The molecule has 1 fully saturated rings. The highest BCUT2D eigenvalue weighted by molar-refractivity contribution is 5.58. The summed E-state index contributed by atoms with van der Waals surface area (Å²) in [6.45, 7) is 5.93. The lowest BCUT2D eigenvalue weighted by molar-refractivity contribution is 0.246. The van der Waals surface area contributed by atoms with E-state index in [1.807, 2.05) is 13.0 Å². The lowest BCUT2D eigenvalue weighted by atomic mass is 10.2. The lowest BCUT2D eigenvalue weighted by Gasteiger charge is -2.36. The zero-order valence-corrected chi connectivity index (χ0v) is 17.7. The minimum atomic E-state index is -0.347. The number of nitrogens with one attached hydrogen (secondary N) is 3. The van der Waals surface area contributed by atoms with E-state index in [9.17, 15) is 4.39 Å². The SMILES string of the molecule is Cc1nc(-c2ncc[nH]2)ccc1N1CCN(Cc2ccnc(Nc3ncc[nH]3)c2F)CC1. The number of rotatable bonds is 6. The zero-order valence-electron chi connectivity index (χ0n) is 17.7. The summed E-state index contributed by atoms with van der Waals surface area (Å²) in [6.07, 6.45) is 8.41. The van der Waals surface area contributed by atoms with Gasteiger partial charge in [-0.2, -0.15) is 0 Å². The molecule has 0 radical (unpaired) electrons. The quantitative estimate of drug-likeness (QED) is 0.429. The van der Waals surface area contributed by atoms with Gasteiger partial charge in [-0.15, -0.1) is 0 Å². The number of H-pyrrole nitrogens is 2. The van der Waals surface area contributed by atoms with Crippen LogP contribution in [-0.4, -0.2) is 61.0 Å². The molecule has 0 aliphatic carbocycles. The first-order valence-corrected chi connectivity index (χ1v) is 10.5. The summed E-state index contributed by atoms with van der Waals surface area (Å²) in [5, 5.41) is 2.89. The number of pyridine rings is 2. The molecule has 4 aromatic rings. The maximum atomic E-state index is 14.9. The van der Waals surface area contributed by atoms with Gasteiger partial charge in [0, 0.05) is 69.3 Å². The molecular formula is C22H24FN9. The van der Waals surface area contributed by atoms with Gasteiger partial charge < -0.3 is 20.2 Å². The lowest BCUT2D eigenvalue weighted by Crippen LogP contribution is -2.46. The minimum Gasteiger partial charge on any atom is -0.368 e. The maximum absolute atomic E-state index is 14.9. The number of anilines is 3. The molecule has 0 unspecified atom stereocenters. The number of imidazole rings is 2. The molecule has 0 spiro atoms. The monoisotopic (exact) mass is 433 g/mol. The van der Waals surface area contributed by atoms with E-state index in [0.29, 0.717) is 18.1 Å². The Balaban J connectivity index is 1.22. The van der Waals surface area contributed by atoms with Gasteiger partial charge in [-0.3, -0.25) is 4.90 Å². The van der Waals surface area contributed by atoms with Crippen LogP contribution in [0.3, 0.4) is 0 Å². The van der Waals surface area contributed by atoms with E-state index in [2.05, 4.69) is 46.1 Å².